The average Bonchev–Trinajstić information content (AvgIpc) is 2.60. The lowest BCUT2D eigenvalue weighted by molar-refractivity contribution is -0.138. The van der Waals surface area contributed by atoms with Crippen LogP contribution >= 0.6 is 0 Å². The Hall–Kier alpha value is -2.69. The van der Waals surface area contributed by atoms with Crippen LogP contribution in [0.15, 0.2) is 54.6 Å². The number of nitrogens with zero attached hydrogens (tertiary/aromatic N) is 1. The minimum absolute atomic E-state index is 0.00686. The Morgan fingerprint density at radius 2 is 1.84 bits per heavy atom. The van der Waals surface area contributed by atoms with Gasteiger partial charge >= 0.3 is 5.97 Å². The molecule has 0 spiro atoms. The Labute approximate surface area is 146 Å². The Morgan fingerprint density at radius 1 is 1.12 bits per heavy atom. The molecule has 5 heteroatoms. The first-order valence-electron chi connectivity index (χ1n) is 8.27. The fraction of sp³-hybridized carbons (Fsp3) is 0.300. The molecule has 0 radical (unpaired) electrons. The largest absolute Gasteiger partial charge is 0.481 e. The summed E-state index contributed by atoms with van der Waals surface area (Å²) >= 11 is 0. The molecule has 1 amide bonds. The number of carbonyl (C=O) groups excluding carboxylic acids is 1. The predicted molar refractivity (Wildman–Crippen MR) is 93.5 cm³/mol. The van der Waals surface area contributed by atoms with Crippen molar-refractivity contribution in [3.05, 3.63) is 71.5 Å². The van der Waals surface area contributed by atoms with Gasteiger partial charge in [-0.2, -0.15) is 0 Å². The van der Waals surface area contributed by atoms with E-state index in [0.717, 1.165) is 5.56 Å². The summed E-state index contributed by atoms with van der Waals surface area (Å²) in [5, 5.41) is 8.83. The predicted octanol–water partition coefficient (Wildman–Crippen LogP) is 3.82. The average molecular weight is 343 g/mol. The van der Waals surface area contributed by atoms with Gasteiger partial charge in [-0.15, -0.1) is 0 Å². The van der Waals surface area contributed by atoms with Gasteiger partial charge in [0.25, 0.3) is 0 Å². The molecule has 0 saturated carbocycles. The summed E-state index contributed by atoms with van der Waals surface area (Å²) in [6.07, 6.45) is 0.386. The van der Waals surface area contributed by atoms with Gasteiger partial charge in [-0.3, -0.25) is 9.59 Å². The molecule has 0 saturated heterocycles. The number of halogens is 1. The lowest BCUT2D eigenvalue weighted by Gasteiger charge is -2.26. The molecule has 0 bridgehead atoms. The fourth-order valence-electron chi connectivity index (χ4n) is 2.68. The lowest BCUT2D eigenvalue weighted by atomic mass is 9.99. The van der Waals surface area contributed by atoms with E-state index in [-0.39, 0.29) is 18.1 Å². The Morgan fingerprint density at radius 3 is 2.48 bits per heavy atom. The molecule has 1 N–H and O–H groups in total. The molecule has 1 atom stereocenters. The van der Waals surface area contributed by atoms with Crippen LogP contribution < -0.4 is 0 Å². The van der Waals surface area contributed by atoms with Gasteiger partial charge in [-0.25, -0.2) is 4.39 Å². The third-order valence-electron chi connectivity index (χ3n) is 4.07. The number of aliphatic carboxylic acids is 1. The third-order valence-corrected chi connectivity index (χ3v) is 4.07. The first-order chi connectivity index (χ1) is 12.0. The maximum atomic E-state index is 13.4. The summed E-state index contributed by atoms with van der Waals surface area (Å²) in [6, 6.07) is 15.5. The van der Waals surface area contributed by atoms with E-state index in [2.05, 4.69) is 0 Å². The highest BCUT2D eigenvalue weighted by molar-refractivity contribution is 5.83. The molecule has 2 aromatic carbocycles. The normalized spacial score (nSPS) is 11.8. The Bertz CT molecular complexity index is 718. The highest BCUT2D eigenvalue weighted by Crippen LogP contribution is 2.20. The molecule has 0 aliphatic carbocycles. The maximum absolute atomic E-state index is 13.4. The standard InChI is InChI=1S/C20H22FNO3/c1-15(17-9-5-10-18(21)13-17)20(25)22(12-6-11-19(23)24)14-16-7-3-2-4-8-16/h2-5,7-10,13,15H,6,11-12,14H2,1H3,(H,23,24). The molecule has 25 heavy (non-hydrogen) atoms. The van der Waals surface area contributed by atoms with Crippen LogP contribution in [-0.4, -0.2) is 28.4 Å². The smallest absolute Gasteiger partial charge is 0.303 e. The van der Waals surface area contributed by atoms with Crippen LogP contribution in [0.2, 0.25) is 0 Å². The highest BCUT2D eigenvalue weighted by Gasteiger charge is 2.22. The monoisotopic (exact) mass is 343 g/mol. The van der Waals surface area contributed by atoms with Gasteiger partial charge in [-0.05, 0) is 36.6 Å². The van der Waals surface area contributed by atoms with Crippen LogP contribution in [0.25, 0.3) is 0 Å². The Kier molecular flexibility index (Phi) is 6.69. The maximum Gasteiger partial charge on any atom is 0.303 e. The van der Waals surface area contributed by atoms with Gasteiger partial charge in [0.15, 0.2) is 0 Å². The molecular formula is C20H22FNO3. The first kappa shape index (κ1) is 18.6. The second kappa shape index (κ2) is 8.97. The number of amides is 1. The minimum Gasteiger partial charge on any atom is -0.481 e. The molecule has 0 aromatic heterocycles. The van der Waals surface area contributed by atoms with E-state index in [1.54, 1.807) is 24.0 Å². The van der Waals surface area contributed by atoms with Crippen LogP contribution in [0, 0.1) is 5.82 Å². The van der Waals surface area contributed by atoms with Crippen molar-refractivity contribution >= 4 is 11.9 Å². The first-order valence-corrected chi connectivity index (χ1v) is 8.27. The van der Waals surface area contributed by atoms with Crippen molar-refractivity contribution in [2.75, 3.05) is 6.54 Å². The van der Waals surface area contributed by atoms with E-state index in [4.69, 9.17) is 5.11 Å². The van der Waals surface area contributed by atoms with E-state index in [1.807, 2.05) is 30.3 Å². The number of carboxylic acid groups (broad SMARTS) is 1. The number of rotatable bonds is 8. The van der Waals surface area contributed by atoms with E-state index in [0.29, 0.717) is 25.1 Å². The zero-order chi connectivity index (χ0) is 18.2. The van der Waals surface area contributed by atoms with Crippen molar-refractivity contribution < 1.29 is 19.1 Å². The van der Waals surface area contributed by atoms with E-state index >= 15 is 0 Å². The number of hydrogen-bond acceptors (Lipinski definition) is 2. The van der Waals surface area contributed by atoms with Crippen molar-refractivity contribution in [2.45, 2.75) is 32.2 Å². The van der Waals surface area contributed by atoms with Crippen molar-refractivity contribution in [3.63, 3.8) is 0 Å². The minimum atomic E-state index is -0.884. The zero-order valence-corrected chi connectivity index (χ0v) is 14.2. The molecular weight excluding hydrogens is 321 g/mol. The number of hydrogen-bond donors (Lipinski definition) is 1. The molecule has 2 rings (SSSR count). The Balaban J connectivity index is 2.14. The molecule has 4 nitrogen and oxygen atoms in total. The zero-order valence-electron chi connectivity index (χ0n) is 14.2. The van der Waals surface area contributed by atoms with E-state index in [1.165, 1.54) is 12.1 Å². The van der Waals surface area contributed by atoms with Gasteiger partial charge in [0.2, 0.25) is 5.91 Å². The number of benzene rings is 2. The van der Waals surface area contributed by atoms with E-state index in [9.17, 15) is 14.0 Å². The SMILES string of the molecule is CC(C(=O)N(CCCC(=O)O)Cc1ccccc1)c1cccc(F)c1. The highest BCUT2D eigenvalue weighted by atomic mass is 19.1. The van der Waals surface area contributed by atoms with E-state index < -0.39 is 11.9 Å². The summed E-state index contributed by atoms with van der Waals surface area (Å²) in [6.45, 7) is 2.49. The summed E-state index contributed by atoms with van der Waals surface area (Å²) < 4.78 is 13.4. The van der Waals surface area contributed by atoms with Crippen molar-refractivity contribution in [2.24, 2.45) is 0 Å². The fourth-order valence-corrected chi connectivity index (χ4v) is 2.68. The number of carbonyl (C=O) groups is 2. The van der Waals surface area contributed by atoms with Gasteiger partial charge in [-0.1, -0.05) is 42.5 Å². The van der Waals surface area contributed by atoms with Crippen molar-refractivity contribution in [1.29, 1.82) is 0 Å². The summed E-state index contributed by atoms with van der Waals surface area (Å²) in [5.41, 5.74) is 1.58. The van der Waals surface area contributed by atoms with Gasteiger partial charge in [0.05, 0.1) is 5.92 Å². The summed E-state index contributed by atoms with van der Waals surface area (Å²) in [5.74, 6) is -1.90. The summed E-state index contributed by atoms with van der Waals surface area (Å²) in [4.78, 5) is 25.3. The van der Waals surface area contributed by atoms with Crippen LogP contribution in [0.4, 0.5) is 4.39 Å². The molecule has 0 aliphatic heterocycles. The van der Waals surface area contributed by atoms with Crippen LogP contribution in [0.3, 0.4) is 0 Å². The van der Waals surface area contributed by atoms with Crippen LogP contribution in [0.1, 0.15) is 36.8 Å². The molecule has 132 valence electrons. The second-order valence-electron chi connectivity index (χ2n) is 6.02. The van der Waals surface area contributed by atoms with Crippen molar-refractivity contribution in [3.8, 4) is 0 Å². The molecule has 0 aliphatic rings. The quantitative estimate of drug-likeness (QED) is 0.793. The van der Waals surface area contributed by atoms with Crippen LogP contribution in [0.5, 0.6) is 0 Å². The molecule has 0 fully saturated rings. The van der Waals surface area contributed by atoms with Crippen molar-refractivity contribution in [1.82, 2.24) is 4.90 Å². The number of carboxylic acids is 1. The molecule has 1 unspecified atom stereocenters. The van der Waals surface area contributed by atoms with Gasteiger partial charge < -0.3 is 10.0 Å². The third kappa shape index (κ3) is 5.71. The summed E-state index contributed by atoms with van der Waals surface area (Å²) in [7, 11) is 0. The topological polar surface area (TPSA) is 57.6 Å². The molecule has 2 aromatic rings. The second-order valence-corrected chi connectivity index (χ2v) is 6.02. The van der Waals surface area contributed by atoms with Gasteiger partial charge in [0.1, 0.15) is 5.82 Å². The lowest BCUT2D eigenvalue weighted by Crippen LogP contribution is -2.35. The van der Waals surface area contributed by atoms with Gasteiger partial charge in [0, 0.05) is 19.5 Å². The molecule has 0 heterocycles. The van der Waals surface area contributed by atoms with Crippen LogP contribution in [-0.2, 0) is 16.1 Å².